The van der Waals surface area contributed by atoms with E-state index in [2.05, 4.69) is 4.98 Å². The van der Waals surface area contributed by atoms with Gasteiger partial charge in [-0.15, -0.1) is 0 Å². The largest absolute Gasteiger partial charge is 0.493 e. The van der Waals surface area contributed by atoms with Gasteiger partial charge in [0.05, 0.1) is 24.6 Å². The van der Waals surface area contributed by atoms with Crippen molar-refractivity contribution < 1.29 is 17.9 Å². The number of pyridine rings is 1. The van der Waals surface area contributed by atoms with Crippen LogP contribution in [0.1, 0.15) is 37.7 Å². The minimum Gasteiger partial charge on any atom is -0.493 e. The first-order chi connectivity index (χ1) is 15.8. The molecule has 0 saturated heterocycles. The first kappa shape index (κ1) is 23.6. The lowest BCUT2D eigenvalue weighted by atomic mass is 9.95. The Hall–Kier alpha value is -2.55. The molecule has 3 aromatic rings. The van der Waals surface area contributed by atoms with Gasteiger partial charge >= 0.3 is 0 Å². The van der Waals surface area contributed by atoms with Crippen LogP contribution >= 0.6 is 11.6 Å². The van der Waals surface area contributed by atoms with Crippen LogP contribution in [0.15, 0.2) is 52.2 Å². The van der Waals surface area contributed by atoms with Crippen LogP contribution < -0.4 is 15.0 Å². The van der Waals surface area contributed by atoms with E-state index in [9.17, 15) is 13.2 Å². The number of sulfonamides is 1. The molecule has 1 aliphatic rings. The van der Waals surface area contributed by atoms with E-state index in [-0.39, 0.29) is 23.0 Å². The molecule has 0 bridgehead atoms. The standard InChI is InChI=1S/C24H27ClN2O5S/c1-31-22-13-16-12-17(24(28)26-21(16)14-23(22)32-2)15-27(19-6-4-3-5-7-19)33(29,30)20-10-8-18(25)9-11-20/h8-14,19H,3-7,15H2,1-2H3,(H,26,28). The molecule has 7 nitrogen and oxygen atoms in total. The molecule has 33 heavy (non-hydrogen) atoms. The predicted molar refractivity (Wildman–Crippen MR) is 129 cm³/mol. The summed E-state index contributed by atoms with van der Waals surface area (Å²) in [6.07, 6.45) is 4.54. The van der Waals surface area contributed by atoms with Crippen molar-refractivity contribution in [1.29, 1.82) is 0 Å². The summed E-state index contributed by atoms with van der Waals surface area (Å²) in [5.74, 6) is 1.03. The maximum absolute atomic E-state index is 13.6. The molecule has 9 heteroatoms. The first-order valence-electron chi connectivity index (χ1n) is 10.9. The second kappa shape index (κ2) is 9.75. The Morgan fingerprint density at radius 3 is 2.27 bits per heavy atom. The van der Waals surface area contributed by atoms with Crippen LogP contribution in [0.2, 0.25) is 5.02 Å². The number of halogens is 1. The van der Waals surface area contributed by atoms with E-state index in [1.54, 1.807) is 37.4 Å². The van der Waals surface area contributed by atoms with Gasteiger partial charge in [0, 0.05) is 34.6 Å². The van der Waals surface area contributed by atoms with Gasteiger partial charge in [0.15, 0.2) is 11.5 Å². The first-order valence-corrected chi connectivity index (χ1v) is 12.7. The lowest BCUT2D eigenvalue weighted by Gasteiger charge is -2.33. The molecule has 0 aliphatic heterocycles. The number of ether oxygens (including phenoxy) is 2. The SMILES string of the molecule is COc1cc2cc(CN(C3CCCCC3)S(=O)(=O)c3ccc(Cl)cc3)c(=O)[nH]c2cc1OC. The summed E-state index contributed by atoms with van der Waals surface area (Å²) in [5, 5.41) is 1.20. The van der Waals surface area contributed by atoms with Gasteiger partial charge in [-0.1, -0.05) is 30.9 Å². The Bertz CT molecular complexity index is 1300. The van der Waals surface area contributed by atoms with Crippen molar-refractivity contribution in [2.75, 3.05) is 14.2 Å². The smallest absolute Gasteiger partial charge is 0.252 e. The number of fused-ring (bicyclic) bond motifs is 1. The molecule has 1 aromatic heterocycles. The van der Waals surface area contributed by atoms with Crippen LogP contribution in [0.4, 0.5) is 0 Å². The van der Waals surface area contributed by atoms with Gasteiger partial charge in [-0.3, -0.25) is 4.79 Å². The Balaban J connectivity index is 1.77. The topological polar surface area (TPSA) is 88.7 Å². The Labute approximate surface area is 198 Å². The van der Waals surface area contributed by atoms with Crippen LogP contribution in [-0.4, -0.2) is 38.0 Å². The predicted octanol–water partition coefficient (Wildman–Crippen LogP) is 4.72. The molecule has 1 fully saturated rings. The van der Waals surface area contributed by atoms with Crippen molar-refractivity contribution in [3.8, 4) is 11.5 Å². The maximum Gasteiger partial charge on any atom is 0.252 e. The average molecular weight is 491 g/mol. The molecular formula is C24H27ClN2O5S. The summed E-state index contributed by atoms with van der Waals surface area (Å²) < 4.78 is 39.5. The van der Waals surface area contributed by atoms with Gasteiger partial charge in [-0.25, -0.2) is 8.42 Å². The van der Waals surface area contributed by atoms with Gasteiger partial charge in [0.25, 0.3) is 5.56 Å². The third-order valence-corrected chi connectivity index (χ3v) is 8.32. The minimum atomic E-state index is -3.83. The molecule has 1 saturated carbocycles. The summed E-state index contributed by atoms with van der Waals surface area (Å²) in [7, 11) is -0.763. The summed E-state index contributed by atoms with van der Waals surface area (Å²) in [4.78, 5) is 16.0. The molecule has 2 aromatic carbocycles. The van der Waals surface area contributed by atoms with Crippen LogP contribution in [0.5, 0.6) is 11.5 Å². The highest BCUT2D eigenvalue weighted by molar-refractivity contribution is 7.89. The van der Waals surface area contributed by atoms with E-state index in [0.717, 1.165) is 37.5 Å². The quantitative estimate of drug-likeness (QED) is 0.517. The van der Waals surface area contributed by atoms with Gasteiger partial charge in [0.2, 0.25) is 10.0 Å². The van der Waals surface area contributed by atoms with Crippen LogP contribution in [0.3, 0.4) is 0 Å². The van der Waals surface area contributed by atoms with Crippen LogP contribution in [-0.2, 0) is 16.6 Å². The van der Waals surface area contributed by atoms with E-state index >= 15 is 0 Å². The second-order valence-electron chi connectivity index (χ2n) is 8.21. The second-order valence-corrected chi connectivity index (χ2v) is 10.5. The number of H-pyrrole nitrogens is 1. The molecule has 0 amide bonds. The fourth-order valence-corrected chi connectivity index (χ4v) is 6.17. The lowest BCUT2D eigenvalue weighted by molar-refractivity contribution is 0.247. The lowest BCUT2D eigenvalue weighted by Crippen LogP contribution is -2.42. The molecule has 0 atom stereocenters. The third-order valence-electron chi connectivity index (χ3n) is 6.15. The highest BCUT2D eigenvalue weighted by Gasteiger charge is 2.33. The van der Waals surface area contributed by atoms with Crippen LogP contribution in [0.25, 0.3) is 10.9 Å². The molecular weight excluding hydrogens is 464 g/mol. The van der Waals surface area contributed by atoms with Gasteiger partial charge < -0.3 is 14.5 Å². The monoisotopic (exact) mass is 490 g/mol. The highest BCUT2D eigenvalue weighted by atomic mass is 35.5. The van der Waals surface area contributed by atoms with Gasteiger partial charge in [-0.05, 0) is 49.2 Å². The summed E-state index contributed by atoms with van der Waals surface area (Å²) in [6, 6.07) is 11.2. The molecule has 0 spiro atoms. The van der Waals surface area contributed by atoms with E-state index in [1.165, 1.54) is 23.5 Å². The number of nitrogens with one attached hydrogen (secondary N) is 1. The molecule has 0 radical (unpaired) electrons. The third kappa shape index (κ3) is 4.88. The summed E-state index contributed by atoms with van der Waals surface area (Å²) in [6.45, 7) is -0.0186. The van der Waals surface area contributed by atoms with E-state index in [4.69, 9.17) is 21.1 Å². The molecule has 176 valence electrons. The molecule has 0 unspecified atom stereocenters. The van der Waals surface area contributed by atoms with E-state index in [1.807, 2.05) is 0 Å². The number of nitrogens with zero attached hydrogens (tertiary/aromatic N) is 1. The van der Waals surface area contributed by atoms with Crippen LogP contribution in [0, 0.1) is 0 Å². The Morgan fingerprint density at radius 1 is 1.00 bits per heavy atom. The minimum absolute atomic E-state index is 0.0186. The number of aromatic nitrogens is 1. The average Bonchev–Trinajstić information content (AvgIpc) is 2.82. The number of aromatic amines is 1. The number of hydrogen-bond donors (Lipinski definition) is 1. The zero-order valence-corrected chi connectivity index (χ0v) is 20.2. The number of rotatable bonds is 7. The Kier molecular flexibility index (Phi) is 6.97. The van der Waals surface area contributed by atoms with Gasteiger partial charge in [0.1, 0.15) is 0 Å². The number of hydrogen-bond acceptors (Lipinski definition) is 5. The Morgan fingerprint density at radius 2 is 1.64 bits per heavy atom. The summed E-state index contributed by atoms with van der Waals surface area (Å²) >= 11 is 5.97. The van der Waals surface area contributed by atoms with E-state index in [0.29, 0.717) is 27.6 Å². The van der Waals surface area contributed by atoms with Gasteiger partial charge in [-0.2, -0.15) is 4.31 Å². The summed E-state index contributed by atoms with van der Waals surface area (Å²) in [5.41, 5.74) is 0.630. The zero-order chi connectivity index (χ0) is 23.6. The molecule has 1 N–H and O–H groups in total. The van der Waals surface area contributed by atoms with Crippen molar-refractivity contribution in [2.45, 2.75) is 49.6 Å². The number of methoxy groups -OCH3 is 2. The van der Waals surface area contributed by atoms with Crippen molar-refractivity contribution in [1.82, 2.24) is 9.29 Å². The zero-order valence-electron chi connectivity index (χ0n) is 18.6. The maximum atomic E-state index is 13.6. The fraction of sp³-hybridized carbons (Fsp3) is 0.375. The normalized spacial score (nSPS) is 15.2. The number of benzene rings is 2. The highest BCUT2D eigenvalue weighted by Crippen LogP contribution is 2.33. The van der Waals surface area contributed by atoms with E-state index < -0.39 is 10.0 Å². The molecule has 1 heterocycles. The fourth-order valence-electron chi connectivity index (χ4n) is 4.38. The molecule has 4 rings (SSSR count). The van der Waals surface area contributed by atoms with Crippen molar-refractivity contribution in [3.63, 3.8) is 0 Å². The van der Waals surface area contributed by atoms with Crippen molar-refractivity contribution in [2.24, 2.45) is 0 Å². The van der Waals surface area contributed by atoms with Crippen molar-refractivity contribution >= 4 is 32.5 Å². The molecule has 1 aliphatic carbocycles. The van der Waals surface area contributed by atoms with Crippen molar-refractivity contribution in [3.05, 3.63) is 63.4 Å².